The molecule has 3 heterocycles. The molecule has 1 aliphatic heterocycles. The predicted molar refractivity (Wildman–Crippen MR) is 258 cm³/mol. The highest BCUT2D eigenvalue weighted by Crippen LogP contribution is 2.61. The highest BCUT2D eigenvalue weighted by molar-refractivity contribution is 6.32. The van der Waals surface area contributed by atoms with Crippen LogP contribution < -0.4 is 15.4 Å². The first kappa shape index (κ1) is 49.1. The standard InChI is InChI=1S/C53H60ClN7O8/c1-33(27-60-18-17-44(59-60)39-10-11-40(25-55)43(54)19-39)57-50(65)38-12-14-42(15-13-38)68-30-36-23-53(24-36)21-35(22-53)29-67-31-48(64)58-49(52(2,3)4)51(66)61-28-41(62)20-45(61)46(63)16-7-34-5-8-37(9-6-34)47-26-56-32-69-47/h5-6,8-15,17-19,26,32-33,35-36,41,45,49,62H,7,16,20-24,27-31H2,1-4H3,(H,57,65)(H,58,64)/t33-,35?,36?,41+,45-,49+,53?/m0/s1. The van der Waals surface area contributed by atoms with Crippen LogP contribution in [0.1, 0.15) is 87.7 Å². The summed E-state index contributed by atoms with van der Waals surface area (Å²) in [6.07, 6.45) is 9.09. The molecule has 362 valence electrons. The number of oxazole rings is 1. The van der Waals surface area contributed by atoms with Crippen LogP contribution >= 0.6 is 11.6 Å². The van der Waals surface area contributed by atoms with Gasteiger partial charge in [-0.1, -0.05) is 62.7 Å². The van der Waals surface area contributed by atoms with Gasteiger partial charge in [-0.15, -0.1) is 0 Å². The third-order valence-corrected chi connectivity index (χ3v) is 13.9. The molecule has 15 nitrogen and oxygen atoms in total. The number of hydrogen-bond acceptors (Lipinski definition) is 11. The summed E-state index contributed by atoms with van der Waals surface area (Å²) in [7, 11) is 0. The monoisotopic (exact) mass is 957 g/mol. The third-order valence-electron chi connectivity index (χ3n) is 13.6. The van der Waals surface area contributed by atoms with Gasteiger partial charge in [-0.25, -0.2) is 4.98 Å². The topological polar surface area (TPSA) is 202 Å². The van der Waals surface area contributed by atoms with Crippen molar-refractivity contribution in [1.29, 1.82) is 5.26 Å². The van der Waals surface area contributed by atoms with Gasteiger partial charge in [0.1, 0.15) is 24.5 Å². The minimum atomic E-state index is -0.913. The van der Waals surface area contributed by atoms with E-state index < -0.39 is 29.5 Å². The molecule has 3 amide bonds. The number of aliphatic hydroxyl groups is 1. The maximum absolute atomic E-state index is 14.0. The highest BCUT2D eigenvalue weighted by Gasteiger charge is 2.53. The number of carbonyl (C=O) groups excluding carboxylic acids is 4. The predicted octanol–water partition coefficient (Wildman–Crippen LogP) is 7.45. The Kier molecular flexibility index (Phi) is 15.0. The molecule has 2 aliphatic carbocycles. The zero-order valence-corrected chi connectivity index (χ0v) is 40.3. The second kappa shape index (κ2) is 21.1. The molecule has 3 fully saturated rings. The SMILES string of the molecule is C[C@@H](Cn1ccc(-c2ccc(C#N)c(Cl)c2)n1)NC(=O)c1ccc(OCC2CC3(CC(COCC(=O)N[C@H](C(=O)N4C[C@H](O)C[C@H]4C(=O)CCc4ccc(-c5cnco5)cc4)C(C)(C)C)C3)C2)cc1. The maximum Gasteiger partial charge on any atom is 0.251 e. The first-order valence-corrected chi connectivity index (χ1v) is 24.1. The first-order chi connectivity index (χ1) is 33.0. The van der Waals surface area contributed by atoms with E-state index in [4.69, 9.17) is 30.8 Å². The van der Waals surface area contributed by atoms with E-state index in [1.54, 1.807) is 35.1 Å². The molecule has 16 heteroatoms. The van der Waals surface area contributed by atoms with Gasteiger partial charge in [0.15, 0.2) is 17.9 Å². The van der Waals surface area contributed by atoms with Gasteiger partial charge in [0, 0.05) is 48.3 Å². The Labute approximate surface area is 407 Å². The minimum Gasteiger partial charge on any atom is -0.493 e. The van der Waals surface area contributed by atoms with Crippen LogP contribution in [0.15, 0.2) is 96.0 Å². The molecule has 1 spiro atoms. The summed E-state index contributed by atoms with van der Waals surface area (Å²) < 4.78 is 19.1. The Morgan fingerprint density at radius 1 is 0.971 bits per heavy atom. The lowest BCUT2D eigenvalue weighted by molar-refractivity contribution is -0.144. The molecule has 3 N–H and O–H groups in total. The van der Waals surface area contributed by atoms with Gasteiger partial charge >= 0.3 is 0 Å². The normalized spacial score (nSPS) is 21.7. The molecule has 2 saturated carbocycles. The summed E-state index contributed by atoms with van der Waals surface area (Å²) in [5, 5.41) is 30.6. The summed E-state index contributed by atoms with van der Waals surface area (Å²) in [5.41, 5.74) is 3.94. The van der Waals surface area contributed by atoms with Crippen LogP contribution in [0.2, 0.25) is 5.02 Å². The first-order valence-electron chi connectivity index (χ1n) is 23.7. The molecular weight excluding hydrogens is 898 g/mol. The summed E-state index contributed by atoms with van der Waals surface area (Å²) in [6.45, 7) is 8.90. The Hall–Kier alpha value is -6.34. The van der Waals surface area contributed by atoms with Crippen molar-refractivity contribution in [1.82, 2.24) is 30.3 Å². The molecule has 1 saturated heterocycles. The van der Waals surface area contributed by atoms with Gasteiger partial charge < -0.3 is 34.5 Å². The van der Waals surface area contributed by atoms with E-state index in [9.17, 15) is 24.3 Å². The van der Waals surface area contributed by atoms with Crippen LogP contribution in [0.3, 0.4) is 0 Å². The Morgan fingerprint density at radius 2 is 1.68 bits per heavy atom. The zero-order chi connectivity index (χ0) is 48.9. The van der Waals surface area contributed by atoms with Crippen molar-refractivity contribution in [3.05, 3.63) is 113 Å². The van der Waals surface area contributed by atoms with Crippen LogP contribution in [0.5, 0.6) is 5.75 Å². The fourth-order valence-electron chi connectivity index (χ4n) is 10.2. The molecule has 5 aromatic rings. The maximum atomic E-state index is 14.0. The second-order valence-electron chi connectivity index (χ2n) is 20.3. The van der Waals surface area contributed by atoms with E-state index in [0.717, 1.165) is 48.1 Å². The van der Waals surface area contributed by atoms with Gasteiger partial charge in [0.05, 0.1) is 54.4 Å². The van der Waals surface area contributed by atoms with Gasteiger partial charge in [0.25, 0.3) is 5.91 Å². The van der Waals surface area contributed by atoms with E-state index in [1.807, 2.05) is 82.4 Å². The number of ketones is 1. The van der Waals surface area contributed by atoms with Crippen LogP contribution in [0.25, 0.3) is 22.6 Å². The van der Waals surface area contributed by atoms with E-state index in [-0.39, 0.29) is 49.6 Å². The van der Waals surface area contributed by atoms with Crippen LogP contribution in [0.4, 0.5) is 0 Å². The number of aliphatic hydroxyl groups excluding tert-OH is 1. The van der Waals surface area contributed by atoms with Gasteiger partial charge in [-0.2, -0.15) is 10.4 Å². The Morgan fingerprint density at radius 3 is 2.35 bits per heavy atom. The summed E-state index contributed by atoms with van der Waals surface area (Å²) in [5.74, 6) is 1.08. The van der Waals surface area contributed by atoms with Crippen LogP contribution in [-0.4, -0.2) is 98.9 Å². The fourth-order valence-corrected chi connectivity index (χ4v) is 10.4. The number of amides is 3. The van der Waals surface area contributed by atoms with Crippen molar-refractivity contribution >= 4 is 35.1 Å². The summed E-state index contributed by atoms with van der Waals surface area (Å²) in [6, 6.07) is 22.1. The number of aryl methyl sites for hydroxylation is 1. The molecule has 3 aromatic carbocycles. The second-order valence-corrected chi connectivity index (χ2v) is 20.7. The molecular formula is C53H60ClN7O8. The van der Waals surface area contributed by atoms with Gasteiger partial charge in [-0.05, 0) is 110 Å². The molecule has 3 aliphatic rings. The molecule has 0 unspecified atom stereocenters. The number of ether oxygens (including phenoxy) is 2. The number of nitrogens with zero attached hydrogens (tertiary/aromatic N) is 5. The minimum absolute atomic E-state index is 0.0299. The Balaban J connectivity index is 0.711. The molecule has 69 heavy (non-hydrogen) atoms. The number of rotatable bonds is 19. The molecule has 0 radical (unpaired) electrons. The van der Waals surface area contributed by atoms with Crippen molar-refractivity contribution in [3.8, 4) is 34.4 Å². The average Bonchev–Trinajstić information content (AvgIpc) is 4.09. The number of halogens is 1. The lowest BCUT2D eigenvalue weighted by atomic mass is 9.48. The van der Waals surface area contributed by atoms with Crippen molar-refractivity contribution < 1.29 is 38.2 Å². The summed E-state index contributed by atoms with van der Waals surface area (Å²) >= 11 is 6.20. The van der Waals surface area contributed by atoms with Crippen LogP contribution in [0, 0.1) is 34.0 Å². The molecule has 4 atom stereocenters. The van der Waals surface area contributed by atoms with Crippen molar-refractivity contribution in [2.75, 3.05) is 26.4 Å². The smallest absolute Gasteiger partial charge is 0.251 e. The van der Waals surface area contributed by atoms with Crippen LogP contribution in [-0.2, 0) is 32.1 Å². The molecule has 2 aromatic heterocycles. The number of nitrogens with one attached hydrogen (secondary N) is 2. The number of aromatic nitrogens is 3. The van der Waals surface area contributed by atoms with Crippen molar-refractivity contribution in [3.63, 3.8) is 0 Å². The van der Waals surface area contributed by atoms with Gasteiger partial charge in [0.2, 0.25) is 11.8 Å². The number of benzene rings is 3. The lowest BCUT2D eigenvalue weighted by Gasteiger charge is -2.57. The highest BCUT2D eigenvalue weighted by atomic mass is 35.5. The average molecular weight is 959 g/mol. The zero-order valence-electron chi connectivity index (χ0n) is 39.5. The quantitative estimate of drug-likeness (QED) is 0.0743. The number of nitriles is 1. The largest absolute Gasteiger partial charge is 0.493 e. The number of likely N-dealkylation sites (tertiary alicyclic amines) is 1. The number of β-amino-alcohol motifs (C(OH)–C–C–N with tert-alkyl or cyclic N) is 1. The van der Waals surface area contributed by atoms with E-state index >= 15 is 0 Å². The lowest BCUT2D eigenvalue weighted by Crippen LogP contribution is -2.57. The number of Topliss-reactive ketones (excluding diaryl/α,β-unsaturated/α-hetero) is 1. The molecule has 0 bridgehead atoms. The fraction of sp³-hybridized carbons (Fsp3) is 0.453. The summed E-state index contributed by atoms with van der Waals surface area (Å²) in [4.78, 5) is 59.2. The Bertz CT molecular complexity index is 2640. The van der Waals surface area contributed by atoms with Crippen molar-refractivity contribution in [2.24, 2.45) is 22.7 Å². The van der Waals surface area contributed by atoms with E-state index in [2.05, 4.69) is 26.8 Å². The van der Waals surface area contributed by atoms with Crippen molar-refractivity contribution in [2.45, 2.75) is 103 Å². The van der Waals surface area contributed by atoms with E-state index in [0.29, 0.717) is 71.1 Å². The molecule has 8 rings (SSSR count). The van der Waals surface area contributed by atoms with E-state index in [1.165, 1.54) is 11.3 Å². The third kappa shape index (κ3) is 12.1. The number of hydrogen-bond donors (Lipinski definition) is 3. The number of carbonyl (C=O) groups is 4. The van der Waals surface area contributed by atoms with Gasteiger partial charge in [-0.3, -0.25) is 23.9 Å².